The molecule has 1 saturated heterocycles. The minimum Gasteiger partial charge on any atom is -0.457 e. The number of aromatic nitrogens is 2. The lowest BCUT2D eigenvalue weighted by Crippen LogP contribution is -2.48. The summed E-state index contributed by atoms with van der Waals surface area (Å²) in [4.78, 5) is 2.29. The van der Waals surface area contributed by atoms with Crippen molar-refractivity contribution in [1.82, 2.24) is 14.5 Å². The summed E-state index contributed by atoms with van der Waals surface area (Å²) in [6.45, 7) is 1.98. The zero-order valence-electron chi connectivity index (χ0n) is 19.9. The van der Waals surface area contributed by atoms with E-state index >= 15 is 0 Å². The minimum absolute atomic E-state index is 0.221. The second-order valence-corrected chi connectivity index (χ2v) is 10.6. The number of benzene rings is 3. The molecule has 0 aliphatic carbocycles. The smallest absolute Gasteiger partial charge is 0.243 e. The van der Waals surface area contributed by atoms with Crippen LogP contribution in [0.3, 0.4) is 0 Å². The number of piperazine rings is 1. The van der Waals surface area contributed by atoms with Crippen LogP contribution in [0, 0.1) is 0 Å². The number of ether oxygens (including phenoxy) is 3. The van der Waals surface area contributed by atoms with Gasteiger partial charge in [0.2, 0.25) is 16.8 Å². The molecule has 1 fully saturated rings. The highest BCUT2D eigenvalue weighted by molar-refractivity contribution is 7.89. The third-order valence-corrected chi connectivity index (χ3v) is 8.23. The van der Waals surface area contributed by atoms with Crippen LogP contribution in [0.1, 0.15) is 0 Å². The third kappa shape index (κ3) is 4.81. The Morgan fingerprint density at radius 2 is 1.46 bits per heavy atom. The van der Waals surface area contributed by atoms with Crippen LogP contribution >= 0.6 is 0 Å². The van der Waals surface area contributed by atoms with E-state index in [2.05, 4.69) is 10.2 Å². The van der Waals surface area contributed by atoms with Crippen molar-refractivity contribution in [3.8, 4) is 34.3 Å². The van der Waals surface area contributed by atoms with Gasteiger partial charge in [0.05, 0.1) is 10.6 Å². The Balaban J connectivity index is 1.08. The Kier molecular flexibility index (Phi) is 6.11. The lowest BCUT2D eigenvalue weighted by Gasteiger charge is -2.34. The van der Waals surface area contributed by atoms with Crippen molar-refractivity contribution >= 4 is 15.8 Å². The molecule has 0 amide bonds. The normalized spacial score (nSPS) is 15.5. The first-order valence-electron chi connectivity index (χ1n) is 11.9. The fourth-order valence-electron chi connectivity index (χ4n) is 4.31. The Morgan fingerprint density at radius 1 is 0.730 bits per heavy atom. The molecule has 37 heavy (non-hydrogen) atoms. The predicted molar refractivity (Wildman–Crippen MR) is 138 cm³/mol. The molecule has 0 N–H and O–H groups in total. The van der Waals surface area contributed by atoms with Crippen LogP contribution in [-0.4, -0.2) is 55.9 Å². The van der Waals surface area contributed by atoms with E-state index < -0.39 is 10.0 Å². The highest BCUT2D eigenvalue weighted by Gasteiger charge is 2.29. The van der Waals surface area contributed by atoms with Crippen LogP contribution < -0.4 is 19.1 Å². The molecular weight excluding hydrogens is 492 g/mol. The highest BCUT2D eigenvalue weighted by atomic mass is 32.2. The molecule has 9 nitrogen and oxygen atoms in total. The summed E-state index contributed by atoms with van der Waals surface area (Å²) in [6, 6.07) is 25.4. The van der Waals surface area contributed by atoms with Gasteiger partial charge >= 0.3 is 0 Å². The SMILES string of the molecule is O=S(=O)(c1ccc(Oc2ccccc2)cc1)N1CCN(c2ccc(-c3ccc4c(c3)OCO4)nn2)CC1. The number of anilines is 1. The molecule has 0 atom stereocenters. The second kappa shape index (κ2) is 9.72. The van der Waals surface area contributed by atoms with Gasteiger partial charge in [0.15, 0.2) is 17.3 Å². The predicted octanol–water partition coefficient (Wildman–Crippen LogP) is 4.18. The average Bonchev–Trinajstić information content (AvgIpc) is 3.42. The van der Waals surface area contributed by atoms with Gasteiger partial charge in [-0.25, -0.2) is 8.42 Å². The lowest BCUT2D eigenvalue weighted by atomic mass is 10.1. The molecule has 0 unspecified atom stereocenters. The molecular formula is C27H24N4O5S. The molecule has 2 aliphatic heterocycles. The lowest BCUT2D eigenvalue weighted by molar-refractivity contribution is 0.174. The molecule has 6 rings (SSSR count). The standard InChI is InChI=1S/C27H24N4O5S/c32-37(33,23-9-7-22(8-10-23)36-21-4-2-1-3-5-21)31-16-14-30(15-17-31)27-13-11-24(28-29-27)20-6-12-25-26(18-20)35-19-34-25/h1-13,18H,14-17,19H2. The summed E-state index contributed by atoms with van der Waals surface area (Å²) in [7, 11) is -3.61. The van der Waals surface area contributed by atoms with Gasteiger partial charge in [-0.3, -0.25) is 0 Å². The number of nitrogens with zero attached hydrogens (tertiary/aromatic N) is 4. The molecule has 0 spiro atoms. The first-order valence-corrected chi connectivity index (χ1v) is 13.3. The van der Waals surface area contributed by atoms with E-state index in [4.69, 9.17) is 14.2 Å². The van der Waals surface area contributed by atoms with Crippen LogP contribution in [-0.2, 0) is 10.0 Å². The van der Waals surface area contributed by atoms with Gasteiger partial charge in [-0.2, -0.15) is 4.31 Å². The van der Waals surface area contributed by atoms with E-state index in [0.717, 1.165) is 17.0 Å². The first kappa shape index (κ1) is 23.3. The van der Waals surface area contributed by atoms with Gasteiger partial charge in [-0.05, 0) is 66.7 Å². The van der Waals surface area contributed by atoms with Crippen LogP contribution in [0.15, 0.2) is 89.8 Å². The number of fused-ring (bicyclic) bond motifs is 1. The monoisotopic (exact) mass is 516 g/mol. The summed E-state index contributed by atoms with van der Waals surface area (Å²) < 4.78 is 44.5. The molecule has 3 heterocycles. The van der Waals surface area contributed by atoms with Crippen molar-refractivity contribution in [2.24, 2.45) is 0 Å². The molecule has 0 radical (unpaired) electrons. The molecule has 0 saturated carbocycles. The van der Waals surface area contributed by atoms with Crippen molar-refractivity contribution in [2.45, 2.75) is 4.90 Å². The maximum Gasteiger partial charge on any atom is 0.243 e. The van der Waals surface area contributed by atoms with Gasteiger partial charge in [0.1, 0.15) is 11.5 Å². The Bertz CT molecular complexity index is 1490. The highest BCUT2D eigenvalue weighted by Crippen LogP contribution is 2.35. The van der Waals surface area contributed by atoms with E-state index in [1.807, 2.05) is 65.6 Å². The number of hydrogen-bond donors (Lipinski definition) is 0. The number of hydrogen-bond acceptors (Lipinski definition) is 8. The number of sulfonamides is 1. The summed E-state index contributed by atoms with van der Waals surface area (Å²) in [5.41, 5.74) is 1.61. The van der Waals surface area contributed by atoms with Crippen molar-refractivity contribution in [3.05, 3.63) is 84.9 Å². The van der Waals surface area contributed by atoms with Gasteiger partial charge in [-0.15, -0.1) is 10.2 Å². The Labute approximate surface area is 214 Å². The summed E-state index contributed by atoms with van der Waals surface area (Å²) >= 11 is 0. The fourth-order valence-corrected chi connectivity index (χ4v) is 5.74. The van der Waals surface area contributed by atoms with E-state index in [-0.39, 0.29) is 11.7 Å². The van der Waals surface area contributed by atoms with Crippen molar-refractivity contribution in [3.63, 3.8) is 0 Å². The summed E-state index contributed by atoms with van der Waals surface area (Å²) in [6.07, 6.45) is 0. The van der Waals surface area contributed by atoms with Crippen LogP contribution in [0.2, 0.25) is 0 Å². The van der Waals surface area contributed by atoms with Crippen LogP contribution in [0.5, 0.6) is 23.0 Å². The molecule has 0 bridgehead atoms. The zero-order chi connectivity index (χ0) is 25.2. The summed E-state index contributed by atoms with van der Waals surface area (Å²) in [5.74, 6) is 3.40. The zero-order valence-corrected chi connectivity index (χ0v) is 20.7. The molecule has 2 aliphatic rings. The molecule has 4 aromatic rings. The van der Waals surface area contributed by atoms with E-state index in [9.17, 15) is 8.42 Å². The first-order chi connectivity index (χ1) is 18.1. The van der Waals surface area contributed by atoms with Crippen LogP contribution in [0.25, 0.3) is 11.3 Å². The molecule has 3 aromatic carbocycles. The molecule has 10 heteroatoms. The Morgan fingerprint density at radius 3 is 2.19 bits per heavy atom. The second-order valence-electron chi connectivity index (χ2n) is 8.62. The number of para-hydroxylation sites is 1. The van der Waals surface area contributed by atoms with E-state index in [0.29, 0.717) is 49.2 Å². The fraction of sp³-hybridized carbons (Fsp3) is 0.185. The quantitative estimate of drug-likeness (QED) is 0.377. The van der Waals surface area contributed by atoms with Crippen LogP contribution in [0.4, 0.5) is 5.82 Å². The molecule has 188 valence electrons. The van der Waals surface area contributed by atoms with E-state index in [1.54, 1.807) is 24.3 Å². The largest absolute Gasteiger partial charge is 0.457 e. The maximum absolute atomic E-state index is 13.2. The van der Waals surface area contributed by atoms with Crippen molar-refractivity contribution < 1.29 is 22.6 Å². The number of rotatable bonds is 6. The topological polar surface area (TPSA) is 94.1 Å². The maximum atomic E-state index is 13.2. The van der Waals surface area contributed by atoms with Crippen molar-refractivity contribution in [1.29, 1.82) is 0 Å². The minimum atomic E-state index is -3.61. The van der Waals surface area contributed by atoms with Gasteiger partial charge in [0, 0.05) is 31.7 Å². The van der Waals surface area contributed by atoms with Gasteiger partial charge in [-0.1, -0.05) is 18.2 Å². The summed E-state index contributed by atoms with van der Waals surface area (Å²) in [5, 5.41) is 8.76. The van der Waals surface area contributed by atoms with Crippen molar-refractivity contribution in [2.75, 3.05) is 37.9 Å². The van der Waals surface area contributed by atoms with E-state index in [1.165, 1.54) is 4.31 Å². The Hall–Kier alpha value is -4.15. The third-order valence-electron chi connectivity index (χ3n) is 6.32. The van der Waals surface area contributed by atoms with Gasteiger partial charge < -0.3 is 19.1 Å². The van der Waals surface area contributed by atoms with Gasteiger partial charge in [0.25, 0.3) is 0 Å². The average molecular weight is 517 g/mol. The molecule has 1 aromatic heterocycles.